The number of fused-ring (bicyclic) bond motifs is 1. The molecule has 1 aromatic carbocycles. The quantitative estimate of drug-likeness (QED) is 0.469. The van der Waals surface area contributed by atoms with Gasteiger partial charge in [-0.15, -0.1) is 0 Å². The van der Waals surface area contributed by atoms with Gasteiger partial charge in [0.25, 0.3) is 0 Å². The smallest absolute Gasteiger partial charge is 0.366 e. The molecule has 0 aliphatic carbocycles. The van der Waals surface area contributed by atoms with Gasteiger partial charge in [0.2, 0.25) is 12.6 Å². The monoisotopic (exact) mass is 250 g/mol. The molecule has 5 heteroatoms. The maximum atomic E-state index is 13.0. The van der Waals surface area contributed by atoms with E-state index in [4.69, 9.17) is 9.47 Å². The van der Waals surface area contributed by atoms with Crippen molar-refractivity contribution in [2.24, 2.45) is 0 Å². The number of ether oxygens (including phenoxy) is 3. The van der Waals surface area contributed by atoms with E-state index in [-0.39, 0.29) is 6.79 Å². The molecule has 2 rings (SSSR count). The van der Waals surface area contributed by atoms with Crippen LogP contribution in [0.3, 0.4) is 0 Å². The molecule has 0 bridgehead atoms. The second-order valence-corrected chi connectivity index (χ2v) is 3.48. The van der Waals surface area contributed by atoms with Crippen LogP contribution in [-0.4, -0.2) is 19.9 Å². The van der Waals surface area contributed by atoms with Crippen molar-refractivity contribution >= 4 is 12.0 Å². The number of carbonyl (C=O) groups excluding carboxylic acids is 1. The van der Waals surface area contributed by atoms with Gasteiger partial charge in [-0.1, -0.05) is 18.2 Å². The first-order chi connectivity index (χ1) is 8.70. The molecule has 0 spiro atoms. The van der Waals surface area contributed by atoms with Gasteiger partial charge in [-0.3, -0.25) is 0 Å². The molecule has 0 radical (unpaired) electrons. The average Bonchev–Trinajstić information content (AvgIpc) is 2.85. The Hall–Kier alpha value is -2.30. The van der Waals surface area contributed by atoms with Gasteiger partial charge in [-0.2, -0.15) is 4.39 Å². The average molecular weight is 250 g/mol. The van der Waals surface area contributed by atoms with Crippen LogP contribution in [0.25, 0.3) is 6.08 Å². The largest absolute Gasteiger partial charge is 0.464 e. The molecule has 1 heterocycles. The van der Waals surface area contributed by atoms with Crippen LogP contribution in [0.1, 0.15) is 5.56 Å². The predicted molar refractivity (Wildman–Crippen MR) is 62.8 cm³/mol. The molecule has 4 nitrogen and oxygen atoms in total. The van der Waals surface area contributed by atoms with Crippen LogP contribution in [0.2, 0.25) is 0 Å². The number of rotatable bonds is 3. The maximum absolute atomic E-state index is 13.0. The molecule has 0 atom stereocenters. The second-order valence-electron chi connectivity index (χ2n) is 3.48. The second kappa shape index (κ2) is 5.35. The Morgan fingerprint density at radius 3 is 2.94 bits per heavy atom. The van der Waals surface area contributed by atoms with Gasteiger partial charge in [0, 0.05) is 0 Å². The first-order valence-corrected chi connectivity index (χ1v) is 5.22. The summed E-state index contributed by atoms with van der Waals surface area (Å²) in [4.78, 5) is 10.8. The van der Waals surface area contributed by atoms with E-state index in [1.807, 2.05) is 0 Å². The highest BCUT2D eigenvalue weighted by molar-refractivity contribution is 5.86. The molecule has 0 amide bonds. The number of allylic oxidation sites excluding steroid dienone is 2. The van der Waals surface area contributed by atoms with E-state index >= 15 is 0 Å². The summed E-state index contributed by atoms with van der Waals surface area (Å²) >= 11 is 0. The lowest BCUT2D eigenvalue weighted by Crippen LogP contribution is -1.99. The standard InChI is InChI=1S/C13H11FO4/c1-16-13(15)10(14)4-2-3-9-5-6-11-12(7-9)18-8-17-11/h2-7H,8H2,1H3/b3-2+,10-4-. The molecule has 0 aromatic heterocycles. The zero-order chi connectivity index (χ0) is 13.0. The van der Waals surface area contributed by atoms with E-state index in [2.05, 4.69) is 4.74 Å². The van der Waals surface area contributed by atoms with Crippen molar-refractivity contribution < 1.29 is 23.4 Å². The van der Waals surface area contributed by atoms with Gasteiger partial charge >= 0.3 is 5.97 Å². The highest BCUT2D eigenvalue weighted by Gasteiger charge is 2.12. The summed E-state index contributed by atoms with van der Waals surface area (Å²) in [6.45, 7) is 0.208. The van der Waals surface area contributed by atoms with Crippen molar-refractivity contribution in [1.29, 1.82) is 0 Å². The summed E-state index contributed by atoms with van der Waals surface area (Å²) in [6.07, 6.45) is 4.10. The summed E-state index contributed by atoms with van der Waals surface area (Å²) < 4.78 is 27.6. The van der Waals surface area contributed by atoms with E-state index in [9.17, 15) is 9.18 Å². The van der Waals surface area contributed by atoms with Gasteiger partial charge in [0.15, 0.2) is 11.5 Å². The van der Waals surface area contributed by atoms with Crippen molar-refractivity contribution in [3.63, 3.8) is 0 Å². The normalized spacial score (nSPS) is 14.0. The van der Waals surface area contributed by atoms with Gasteiger partial charge in [-0.05, 0) is 23.8 Å². The number of hydrogen-bond acceptors (Lipinski definition) is 4. The van der Waals surface area contributed by atoms with Gasteiger partial charge in [-0.25, -0.2) is 4.79 Å². The van der Waals surface area contributed by atoms with Gasteiger partial charge in [0.05, 0.1) is 7.11 Å². The maximum Gasteiger partial charge on any atom is 0.366 e. The van der Waals surface area contributed by atoms with Gasteiger partial charge in [0.1, 0.15) is 0 Å². The molecule has 0 saturated heterocycles. The number of hydrogen-bond donors (Lipinski definition) is 0. The molecule has 1 aliphatic heterocycles. The predicted octanol–water partition coefficient (Wildman–Crippen LogP) is 2.45. The Bertz CT molecular complexity index is 520. The summed E-state index contributed by atoms with van der Waals surface area (Å²) in [7, 11) is 1.12. The van der Waals surface area contributed by atoms with Crippen molar-refractivity contribution in [3.05, 3.63) is 41.7 Å². The minimum absolute atomic E-state index is 0.208. The molecule has 0 saturated carbocycles. The summed E-state index contributed by atoms with van der Waals surface area (Å²) in [5.41, 5.74) is 0.813. The number of methoxy groups -OCH3 is 1. The van der Waals surface area contributed by atoms with Crippen LogP contribution < -0.4 is 9.47 Å². The first-order valence-electron chi connectivity index (χ1n) is 5.22. The highest BCUT2D eigenvalue weighted by atomic mass is 19.1. The molecule has 1 aromatic rings. The summed E-state index contributed by atoms with van der Waals surface area (Å²) in [6, 6.07) is 5.33. The summed E-state index contributed by atoms with van der Waals surface area (Å²) in [5, 5.41) is 0. The molecule has 18 heavy (non-hydrogen) atoms. The molecular weight excluding hydrogens is 239 g/mol. The first kappa shape index (κ1) is 12.2. The highest BCUT2D eigenvalue weighted by Crippen LogP contribution is 2.32. The van der Waals surface area contributed by atoms with Crippen molar-refractivity contribution in [2.75, 3.05) is 13.9 Å². The fraction of sp³-hybridized carbons (Fsp3) is 0.154. The van der Waals surface area contributed by atoms with Crippen LogP contribution in [0.15, 0.2) is 36.2 Å². The number of carbonyl (C=O) groups is 1. The third-order valence-electron chi connectivity index (χ3n) is 2.31. The zero-order valence-corrected chi connectivity index (χ0v) is 9.68. The van der Waals surface area contributed by atoms with Gasteiger partial charge < -0.3 is 14.2 Å². The lowest BCUT2D eigenvalue weighted by Gasteiger charge is -1.97. The van der Waals surface area contributed by atoms with Crippen LogP contribution in [0, 0.1) is 0 Å². The van der Waals surface area contributed by atoms with Crippen molar-refractivity contribution in [1.82, 2.24) is 0 Å². The summed E-state index contributed by atoms with van der Waals surface area (Å²) in [5.74, 6) is -0.613. The van der Waals surface area contributed by atoms with Crippen LogP contribution in [0.5, 0.6) is 11.5 Å². The van der Waals surface area contributed by atoms with Crippen LogP contribution >= 0.6 is 0 Å². The van der Waals surface area contributed by atoms with E-state index in [1.54, 1.807) is 24.3 Å². The Kier molecular flexibility index (Phi) is 3.62. The number of esters is 1. The van der Waals surface area contributed by atoms with Crippen LogP contribution in [-0.2, 0) is 9.53 Å². The molecule has 94 valence electrons. The lowest BCUT2D eigenvalue weighted by atomic mass is 10.2. The molecule has 0 N–H and O–H groups in total. The van der Waals surface area contributed by atoms with E-state index in [0.29, 0.717) is 11.5 Å². The Balaban J connectivity index is 2.08. The minimum Gasteiger partial charge on any atom is -0.464 e. The van der Waals surface area contributed by atoms with E-state index in [0.717, 1.165) is 18.7 Å². The third kappa shape index (κ3) is 2.68. The fourth-order valence-corrected chi connectivity index (χ4v) is 1.43. The zero-order valence-electron chi connectivity index (χ0n) is 9.68. The van der Waals surface area contributed by atoms with Crippen molar-refractivity contribution in [2.45, 2.75) is 0 Å². The Morgan fingerprint density at radius 1 is 1.39 bits per heavy atom. The Morgan fingerprint density at radius 2 is 2.17 bits per heavy atom. The molecule has 0 unspecified atom stereocenters. The fourth-order valence-electron chi connectivity index (χ4n) is 1.43. The third-order valence-corrected chi connectivity index (χ3v) is 2.31. The lowest BCUT2D eigenvalue weighted by molar-refractivity contribution is -0.137. The molecule has 1 aliphatic rings. The van der Waals surface area contributed by atoms with E-state index in [1.165, 1.54) is 6.08 Å². The minimum atomic E-state index is -0.995. The van der Waals surface area contributed by atoms with E-state index < -0.39 is 11.8 Å². The SMILES string of the molecule is COC(=O)/C(F)=C/C=C/c1ccc2c(c1)OCO2. The Labute approximate surface area is 103 Å². The molecular formula is C13H11FO4. The number of halogens is 1. The van der Waals surface area contributed by atoms with Crippen LogP contribution in [0.4, 0.5) is 4.39 Å². The molecule has 0 fully saturated rings. The van der Waals surface area contributed by atoms with Crippen molar-refractivity contribution in [3.8, 4) is 11.5 Å². The topological polar surface area (TPSA) is 44.8 Å². The number of benzene rings is 1.